The van der Waals surface area contributed by atoms with E-state index in [0.29, 0.717) is 11.5 Å². The zero-order valence-electron chi connectivity index (χ0n) is 12.3. The van der Waals surface area contributed by atoms with Gasteiger partial charge >= 0.3 is 0 Å². The minimum absolute atomic E-state index is 0.124. The molecule has 0 saturated heterocycles. The zero-order chi connectivity index (χ0) is 14.6. The maximum atomic E-state index is 12.7. The van der Waals surface area contributed by atoms with Crippen LogP contribution in [0.4, 0.5) is 5.69 Å². The van der Waals surface area contributed by atoms with Gasteiger partial charge in [0, 0.05) is 11.1 Å². The molecule has 0 spiro atoms. The van der Waals surface area contributed by atoms with Crippen LogP contribution >= 0.6 is 0 Å². The molecule has 0 heterocycles. The second-order valence-corrected chi connectivity index (χ2v) is 6.23. The molecule has 1 aromatic carbocycles. The number of benzene rings is 1. The third kappa shape index (κ3) is 3.19. The van der Waals surface area contributed by atoms with Gasteiger partial charge in [-0.05, 0) is 43.4 Å². The molecule has 1 aromatic rings. The average molecular weight is 270 g/mol. The van der Waals surface area contributed by atoms with Crippen LogP contribution in [0.5, 0.6) is 0 Å². The summed E-state index contributed by atoms with van der Waals surface area (Å²) >= 11 is 0. The van der Waals surface area contributed by atoms with Crippen LogP contribution in [0.25, 0.3) is 0 Å². The smallest absolute Gasteiger partial charge is 0.230 e. The fourth-order valence-corrected chi connectivity index (χ4v) is 3.29. The summed E-state index contributed by atoms with van der Waals surface area (Å²) in [6.07, 6.45) is 5.18. The van der Waals surface area contributed by atoms with Crippen molar-refractivity contribution in [3.05, 3.63) is 29.8 Å². The highest BCUT2D eigenvalue weighted by Gasteiger charge is 2.41. The molecule has 1 aliphatic rings. The van der Waals surface area contributed by atoms with Crippen LogP contribution in [-0.2, 0) is 4.79 Å². The molecule has 0 bridgehead atoms. The minimum atomic E-state index is -0.211. The lowest BCUT2D eigenvalue weighted by atomic mass is 9.77. The average Bonchev–Trinajstić information content (AvgIpc) is 2.88. The molecule has 3 nitrogen and oxygen atoms in total. The van der Waals surface area contributed by atoms with Gasteiger partial charge in [0.1, 0.15) is 0 Å². The van der Waals surface area contributed by atoms with E-state index in [-0.39, 0.29) is 11.3 Å². The molecule has 0 atom stereocenters. The van der Waals surface area contributed by atoms with Gasteiger partial charge in [-0.1, -0.05) is 32.8 Å². The van der Waals surface area contributed by atoms with E-state index >= 15 is 0 Å². The standard InChI is InChI=1S/C17H22N2O/c1-13(2)11-17(8-3-4-9-17)16(20)19-15-7-5-6-14(10-15)12-18/h5-7,10,13H,3-4,8-9,11H2,1-2H3,(H,19,20). The first-order valence-electron chi connectivity index (χ1n) is 7.37. The number of carbonyl (C=O) groups is 1. The van der Waals surface area contributed by atoms with E-state index in [0.717, 1.165) is 37.8 Å². The molecule has 2 rings (SSSR count). The van der Waals surface area contributed by atoms with Crippen LogP contribution in [0.2, 0.25) is 0 Å². The lowest BCUT2D eigenvalue weighted by Crippen LogP contribution is -2.35. The fourth-order valence-electron chi connectivity index (χ4n) is 3.29. The van der Waals surface area contributed by atoms with Crippen molar-refractivity contribution in [2.45, 2.75) is 46.0 Å². The molecule has 0 unspecified atom stereocenters. The Morgan fingerprint density at radius 3 is 2.70 bits per heavy atom. The lowest BCUT2D eigenvalue weighted by molar-refractivity contribution is -0.126. The van der Waals surface area contributed by atoms with Gasteiger partial charge < -0.3 is 5.32 Å². The first-order chi connectivity index (χ1) is 9.55. The van der Waals surface area contributed by atoms with Gasteiger partial charge in [-0.25, -0.2) is 0 Å². The summed E-state index contributed by atoms with van der Waals surface area (Å²) in [4.78, 5) is 12.7. The summed E-state index contributed by atoms with van der Waals surface area (Å²) in [5.74, 6) is 0.642. The largest absolute Gasteiger partial charge is 0.326 e. The Bertz CT molecular complexity index is 522. The first kappa shape index (κ1) is 14.6. The number of nitriles is 1. The van der Waals surface area contributed by atoms with Gasteiger partial charge in [0.15, 0.2) is 0 Å². The maximum Gasteiger partial charge on any atom is 0.230 e. The number of hydrogen-bond donors (Lipinski definition) is 1. The topological polar surface area (TPSA) is 52.9 Å². The Morgan fingerprint density at radius 2 is 2.10 bits per heavy atom. The number of carbonyl (C=O) groups excluding carboxylic acids is 1. The van der Waals surface area contributed by atoms with Crippen molar-refractivity contribution in [2.75, 3.05) is 5.32 Å². The Morgan fingerprint density at radius 1 is 1.40 bits per heavy atom. The van der Waals surface area contributed by atoms with Crippen molar-refractivity contribution >= 4 is 11.6 Å². The van der Waals surface area contributed by atoms with E-state index < -0.39 is 0 Å². The number of nitrogens with one attached hydrogen (secondary N) is 1. The molecular formula is C17H22N2O. The maximum absolute atomic E-state index is 12.7. The zero-order valence-corrected chi connectivity index (χ0v) is 12.3. The molecule has 1 amide bonds. The lowest BCUT2D eigenvalue weighted by Gasteiger charge is -2.29. The molecule has 0 radical (unpaired) electrons. The monoisotopic (exact) mass is 270 g/mol. The van der Waals surface area contributed by atoms with Gasteiger partial charge in [0.2, 0.25) is 5.91 Å². The van der Waals surface area contributed by atoms with Gasteiger partial charge in [0.25, 0.3) is 0 Å². The normalized spacial score (nSPS) is 16.9. The van der Waals surface area contributed by atoms with Gasteiger partial charge in [-0.3, -0.25) is 4.79 Å². The van der Waals surface area contributed by atoms with Crippen LogP contribution in [0.3, 0.4) is 0 Å². The second-order valence-electron chi connectivity index (χ2n) is 6.23. The highest BCUT2D eigenvalue weighted by Crippen LogP contribution is 2.44. The summed E-state index contributed by atoms with van der Waals surface area (Å²) in [5, 5.41) is 11.9. The van der Waals surface area contributed by atoms with Crippen LogP contribution in [0.15, 0.2) is 24.3 Å². The predicted octanol–water partition coefficient (Wildman–Crippen LogP) is 4.10. The summed E-state index contributed by atoms with van der Waals surface area (Å²) in [6, 6.07) is 9.23. The third-order valence-electron chi connectivity index (χ3n) is 4.09. The van der Waals surface area contributed by atoms with E-state index in [9.17, 15) is 4.79 Å². The van der Waals surface area contributed by atoms with Crippen LogP contribution < -0.4 is 5.32 Å². The molecule has 0 aliphatic heterocycles. The number of hydrogen-bond acceptors (Lipinski definition) is 2. The predicted molar refractivity (Wildman–Crippen MR) is 80.1 cm³/mol. The van der Waals surface area contributed by atoms with Crippen LogP contribution in [0.1, 0.15) is 51.5 Å². The van der Waals surface area contributed by atoms with Crippen molar-refractivity contribution in [2.24, 2.45) is 11.3 Å². The third-order valence-corrected chi connectivity index (χ3v) is 4.09. The SMILES string of the molecule is CC(C)CC1(C(=O)Nc2cccc(C#N)c2)CCCC1. The number of amides is 1. The minimum Gasteiger partial charge on any atom is -0.326 e. The fraction of sp³-hybridized carbons (Fsp3) is 0.529. The number of nitrogens with zero attached hydrogens (tertiary/aromatic N) is 1. The van der Waals surface area contributed by atoms with Gasteiger partial charge in [0.05, 0.1) is 11.6 Å². The second kappa shape index (κ2) is 6.09. The Hall–Kier alpha value is -1.82. The molecular weight excluding hydrogens is 248 g/mol. The Balaban J connectivity index is 2.14. The summed E-state index contributed by atoms with van der Waals surface area (Å²) in [6.45, 7) is 4.34. The summed E-state index contributed by atoms with van der Waals surface area (Å²) in [7, 11) is 0. The molecule has 20 heavy (non-hydrogen) atoms. The Labute approximate surface area is 121 Å². The molecule has 106 valence electrons. The molecule has 1 fully saturated rings. The summed E-state index contributed by atoms with van der Waals surface area (Å²) < 4.78 is 0. The van der Waals surface area contributed by atoms with Crippen molar-refractivity contribution in [1.82, 2.24) is 0 Å². The van der Waals surface area contributed by atoms with Crippen molar-refractivity contribution in [1.29, 1.82) is 5.26 Å². The highest BCUT2D eigenvalue weighted by atomic mass is 16.2. The first-order valence-corrected chi connectivity index (χ1v) is 7.37. The van der Waals surface area contributed by atoms with Gasteiger partial charge in [-0.15, -0.1) is 0 Å². The van der Waals surface area contributed by atoms with E-state index in [2.05, 4.69) is 25.2 Å². The molecule has 1 N–H and O–H groups in total. The number of anilines is 1. The number of rotatable bonds is 4. The molecule has 1 aliphatic carbocycles. The molecule has 0 aromatic heterocycles. The van der Waals surface area contributed by atoms with E-state index in [1.165, 1.54) is 0 Å². The molecule has 1 saturated carbocycles. The Kier molecular flexibility index (Phi) is 4.44. The van der Waals surface area contributed by atoms with Crippen molar-refractivity contribution < 1.29 is 4.79 Å². The quantitative estimate of drug-likeness (QED) is 0.895. The highest BCUT2D eigenvalue weighted by molar-refractivity contribution is 5.95. The van der Waals surface area contributed by atoms with Gasteiger partial charge in [-0.2, -0.15) is 5.26 Å². The van der Waals surface area contributed by atoms with Crippen molar-refractivity contribution in [3.8, 4) is 6.07 Å². The molecule has 3 heteroatoms. The van der Waals surface area contributed by atoms with E-state index in [1.54, 1.807) is 18.2 Å². The van der Waals surface area contributed by atoms with Crippen LogP contribution in [0, 0.1) is 22.7 Å². The van der Waals surface area contributed by atoms with Crippen LogP contribution in [-0.4, -0.2) is 5.91 Å². The van der Waals surface area contributed by atoms with E-state index in [1.807, 2.05) is 6.07 Å². The summed E-state index contributed by atoms with van der Waals surface area (Å²) in [5.41, 5.74) is 1.09. The van der Waals surface area contributed by atoms with Crippen molar-refractivity contribution in [3.63, 3.8) is 0 Å². The van der Waals surface area contributed by atoms with E-state index in [4.69, 9.17) is 5.26 Å².